The van der Waals surface area contributed by atoms with Gasteiger partial charge in [-0.15, -0.1) is 0 Å². The number of benzene rings is 4. The van der Waals surface area contributed by atoms with Gasteiger partial charge in [0, 0.05) is 45.8 Å². The number of nitrogens with zero attached hydrogens (tertiary/aromatic N) is 2. The SMILES string of the molecule is Cc1ccccc1N(CCN1C(=O)c2cccc3c(Br)ccc(c23)C1=O)C(=O)/C=C/c1ccccc1. The highest BCUT2D eigenvalue weighted by Gasteiger charge is 2.33. The molecule has 6 heteroatoms. The van der Waals surface area contributed by atoms with Crippen LogP contribution < -0.4 is 4.90 Å². The fraction of sp³-hybridized carbons (Fsp3) is 0.100. The zero-order valence-electron chi connectivity index (χ0n) is 19.6. The summed E-state index contributed by atoms with van der Waals surface area (Å²) in [6, 6.07) is 26.2. The van der Waals surface area contributed by atoms with Crippen LogP contribution in [0.25, 0.3) is 16.8 Å². The van der Waals surface area contributed by atoms with Gasteiger partial charge in [-0.25, -0.2) is 0 Å². The van der Waals surface area contributed by atoms with Gasteiger partial charge in [-0.05, 0) is 53.8 Å². The Hall–Kier alpha value is -4.03. The van der Waals surface area contributed by atoms with E-state index in [1.807, 2.05) is 79.7 Å². The van der Waals surface area contributed by atoms with Gasteiger partial charge in [0.05, 0.1) is 0 Å². The van der Waals surface area contributed by atoms with Gasteiger partial charge in [-0.2, -0.15) is 0 Å². The first kappa shape index (κ1) is 23.7. The molecule has 1 heterocycles. The van der Waals surface area contributed by atoms with Crippen LogP contribution in [0.4, 0.5) is 5.69 Å². The van der Waals surface area contributed by atoms with Crippen molar-refractivity contribution in [3.8, 4) is 0 Å². The summed E-state index contributed by atoms with van der Waals surface area (Å²) in [7, 11) is 0. The maximum Gasteiger partial charge on any atom is 0.261 e. The van der Waals surface area contributed by atoms with E-state index in [1.165, 1.54) is 11.0 Å². The third kappa shape index (κ3) is 4.36. The Kier molecular flexibility index (Phi) is 6.53. The van der Waals surface area contributed by atoms with Gasteiger partial charge in [0.25, 0.3) is 17.7 Å². The number of hydrogen-bond donors (Lipinski definition) is 0. The van der Waals surface area contributed by atoms with Crippen LogP contribution in [0.3, 0.4) is 0 Å². The van der Waals surface area contributed by atoms with Gasteiger partial charge in [0.2, 0.25) is 0 Å². The van der Waals surface area contributed by atoms with E-state index in [9.17, 15) is 14.4 Å². The highest BCUT2D eigenvalue weighted by molar-refractivity contribution is 9.10. The Morgan fingerprint density at radius 3 is 2.31 bits per heavy atom. The lowest BCUT2D eigenvalue weighted by Crippen LogP contribution is -2.45. The lowest BCUT2D eigenvalue weighted by atomic mass is 9.94. The number of carbonyl (C=O) groups is 3. The van der Waals surface area contributed by atoms with Crippen molar-refractivity contribution in [1.82, 2.24) is 4.90 Å². The molecule has 5 nitrogen and oxygen atoms in total. The molecular formula is C30H23BrN2O3. The summed E-state index contributed by atoms with van der Waals surface area (Å²) in [5.74, 6) is -0.932. The number of para-hydroxylation sites is 1. The largest absolute Gasteiger partial charge is 0.307 e. The first-order valence-corrected chi connectivity index (χ1v) is 12.4. The molecule has 0 saturated heterocycles. The molecule has 0 atom stereocenters. The molecule has 0 fully saturated rings. The number of halogens is 1. The molecular weight excluding hydrogens is 516 g/mol. The Balaban J connectivity index is 1.45. The monoisotopic (exact) mass is 538 g/mol. The summed E-state index contributed by atoms with van der Waals surface area (Å²) in [5.41, 5.74) is 3.55. The van der Waals surface area contributed by atoms with Crippen LogP contribution in [0.2, 0.25) is 0 Å². The summed E-state index contributed by atoms with van der Waals surface area (Å²) >= 11 is 3.52. The van der Waals surface area contributed by atoms with Crippen molar-refractivity contribution in [3.63, 3.8) is 0 Å². The normalized spacial score (nSPS) is 13.0. The first-order valence-electron chi connectivity index (χ1n) is 11.6. The molecule has 0 aliphatic carbocycles. The molecule has 4 aromatic rings. The quantitative estimate of drug-likeness (QED) is 0.215. The number of aryl methyl sites for hydroxylation is 1. The van der Waals surface area contributed by atoms with E-state index < -0.39 is 0 Å². The summed E-state index contributed by atoms with van der Waals surface area (Å²) < 4.78 is 0.832. The number of amides is 3. The van der Waals surface area contributed by atoms with Crippen molar-refractivity contribution in [2.45, 2.75) is 6.92 Å². The lowest BCUT2D eigenvalue weighted by Gasteiger charge is -2.30. The highest BCUT2D eigenvalue weighted by atomic mass is 79.9. The molecule has 0 radical (unpaired) electrons. The number of imide groups is 1. The Labute approximate surface area is 217 Å². The summed E-state index contributed by atoms with van der Waals surface area (Å²) in [6.45, 7) is 2.17. The van der Waals surface area contributed by atoms with Crippen LogP contribution in [-0.4, -0.2) is 35.7 Å². The highest BCUT2D eigenvalue weighted by Crippen LogP contribution is 2.34. The van der Waals surface area contributed by atoms with Crippen molar-refractivity contribution in [2.75, 3.05) is 18.0 Å². The molecule has 36 heavy (non-hydrogen) atoms. The van der Waals surface area contributed by atoms with Crippen LogP contribution >= 0.6 is 15.9 Å². The summed E-state index contributed by atoms with van der Waals surface area (Å²) in [4.78, 5) is 43.0. The minimum absolute atomic E-state index is 0.0722. The fourth-order valence-corrected chi connectivity index (χ4v) is 5.01. The summed E-state index contributed by atoms with van der Waals surface area (Å²) in [6.07, 6.45) is 3.29. The number of carbonyl (C=O) groups excluding carboxylic acids is 3. The minimum Gasteiger partial charge on any atom is -0.307 e. The van der Waals surface area contributed by atoms with Gasteiger partial charge in [-0.3, -0.25) is 19.3 Å². The van der Waals surface area contributed by atoms with E-state index in [2.05, 4.69) is 15.9 Å². The van der Waals surface area contributed by atoms with Crippen LogP contribution in [0, 0.1) is 6.92 Å². The predicted molar refractivity (Wildman–Crippen MR) is 146 cm³/mol. The lowest BCUT2D eigenvalue weighted by molar-refractivity contribution is -0.114. The van der Waals surface area contributed by atoms with Crippen molar-refractivity contribution in [2.24, 2.45) is 0 Å². The van der Waals surface area contributed by atoms with Crippen molar-refractivity contribution < 1.29 is 14.4 Å². The number of rotatable bonds is 6. The number of hydrogen-bond acceptors (Lipinski definition) is 3. The van der Waals surface area contributed by atoms with Crippen LogP contribution in [0.15, 0.2) is 95.5 Å². The van der Waals surface area contributed by atoms with Crippen LogP contribution in [-0.2, 0) is 4.79 Å². The van der Waals surface area contributed by atoms with E-state index >= 15 is 0 Å². The Bertz CT molecular complexity index is 1510. The van der Waals surface area contributed by atoms with Gasteiger partial charge >= 0.3 is 0 Å². The molecule has 4 aromatic carbocycles. The second kappa shape index (κ2) is 9.91. The van der Waals surface area contributed by atoms with Crippen molar-refractivity contribution in [1.29, 1.82) is 0 Å². The van der Waals surface area contributed by atoms with Gasteiger partial charge in [-0.1, -0.05) is 76.6 Å². The Morgan fingerprint density at radius 1 is 0.861 bits per heavy atom. The molecule has 3 amide bonds. The smallest absolute Gasteiger partial charge is 0.261 e. The van der Waals surface area contributed by atoms with Gasteiger partial charge in [0.1, 0.15) is 0 Å². The average molecular weight is 539 g/mol. The topological polar surface area (TPSA) is 57.7 Å². The van der Waals surface area contributed by atoms with Gasteiger partial charge in [0.15, 0.2) is 0 Å². The zero-order chi connectivity index (χ0) is 25.2. The molecule has 0 saturated carbocycles. The molecule has 5 rings (SSSR count). The molecule has 0 N–H and O–H groups in total. The summed E-state index contributed by atoms with van der Waals surface area (Å²) in [5, 5.41) is 1.49. The second-order valence-corrected chi connectivity index (χ2v) is 9.46. The zero-order valence-corrected chi connectivity index (χ0v) is 21.2. The minimum atomic E-state index is -0.354. The second-order valence-electron chi connectivity index (χ2n) is 8.61. The molecule has 1 aliphatic heterocycles. The van der Waals surface area contributed by atoms with E-state index in [0.29, 0.717) is 16.5 Å². The Morgan fingerprint density at radius 2 is 1.56 bits per heavy atom. The van der Waals surface area contributed by atoms with E-state index in [4.69, 9.17) is 0 Å². The molecule has 1 aliphatic rings. The molecule has 178 valence electrons. The molecule has 0 unspecified atom stereocenters. The average Bonchev–Trinajstić information content (AvgIpc) is 2.90. The third-order valence-electron chi connectivity index (χ3n) is 6.38. The van der Waals surface area contributed by atoms with E-state index in [0.717, 1.165) is 26.7 Å². The molecule has 0 aromatic heterocycles. The van der Waals surface area contributed by atoms with E-state index in [1.54, 1.807) is 23.1 Å². The molecule has 0 bridgehead atoms. The van der Waals surface area contributed by atoms with Crippen molar-refractivity contribution in [3.05, 3.63) is 118 Å². The maximum absolute atomic E-state index is 13.4. The molecule has 0 spiro atoms. The number of anilines is 1. The van der Waals surface area contributed by atoms with Gasteiger partial charge < -0.3 is 4.90 Å². The fourth-order valence-electron chi connectivity index (χ4n) is 4.55. The van der Waals surface area contributed by atoms with E-state index in [-0.39, 0.29) is 30.8 Å². The third-order valence-corrected chi connectivity index (χ3v) is 7.07. The predicted octanol–water partition coefficient (Wildman–Crippen LogP) is 6.25. The van der Waals surface area contributed by atoms with Crippen LogP contribution in [0.1, 0.15) is 31.8 Å². The first-order chi connectivity index (χ1) is 17.5. The maximum atomic E-state index is 13.4. The standard InChI is InChI=1S/C30H23BrN2O3/c1-20-8-5-6-13-26(20)32(27(34)17-14-21-9-3-2-4-10-21)18-19-33-29(35)23-12-7-11-22-25(31)16-15-24(28(22)23)30(33)36/h2-17H,18-19H2,1H3/b17-14+. The van der Waals surface area contributed by atoms with Crippen LogP contribution in [0.5, 0.6) is 0 Å². The van der Waals surface area contributed by atoms with Crippen molar-refractivity contribution >= 4 is 56.2 Å².